The zero-order chi connectivity index (χ0) is 36.7. The lowest BCUT2D eigenvalue weighted by molar-refractivity contribution is 0.340. The van der Waals surface area contributed by atoms with Crippen LogP contribution >= 0.6 is 0 Å². The Kier molecular flexibility index (Phi) is 34.4. The summed E-state index contributed by atoms with van der Waals surface area (Å²) in [6, 6.07) is -0.170. The monoisotopic (exact) mass is 659 g/mol. The van der Waals surface area contributed by atoms with Crippen molar-refractivity contribution in [3.63, 3.8) is 0 Å². The minimum absolute atomic E-state index is 0.170. The third-order valence-corrected chi connectivity index (χ3v) is 8.34. The van der Waals surface area contributed by atoms with Crippen molar-refractivity contribution < 1.29 is 5.11 Å². The van der Waals surface area contributed by atoms with Gasteiger partial charge in [0.25, 0.3) is 0 Å². The molecule has 0 rings (SSSR count). The highest BCUT2D eigenvalue weighted by Gasteiger charge is 2.19. The summed E-state index contributed by atoms with van der Waals surface area (Å²) in [6.45, 7) is 43.1. The summed E-state index contributed by atoms with van der Waals surface area (Å²) < 4.78 is 0. The van der Waals surface area contributed by atoms with Crippen LogP contribution in [0.4, 0.5) is 0 Å². The normalized spacial score (nSPS) is 12.1. The van der Waals surface area contributed by atoms with Gasteiger partial charge in [-0.05, 0) is 75.5 Å². The second-order valence-electron chi connectivity index (χ2n) is 15.5. The number of allylic oxidation sites excluding steroid dienone is 4. The minimum atomic E-state index is -0.170. The van der Waals surface area contributed by atoms with Gasteiger partial charge in [-0.3, -0.25) is 0 Å². The third-order valence-electron chi connectivity index (χ3n) is 8.34. The molecule has 0 aliphatic rings. The summed E-state index contributed by atoms with van der Waals surface area (Å²) in [5, 5.41) is 17.0. The van der Waals surface area contributed by atoms with E-state index >= 15 is 0 Å². The SMILES string of the molecule is C=C(C)CCCCCCCCCCCCCCC(=C)NC(CCC(=C)NCCCCC(C)C(=C)C(C)(C)C)C(=C)O.CC.CC(C)C. The first-order valence-corrected chi connectivity index (χ1v) is 19.6. The summed E-state index contributed by atoms with van der Waals surface area (Å²) in [7, 11) is 0. The van der Waals surface area contributed by atoms with Crippen LogP contribution in [0.5, 0.6) is 0 Å². The van der Waals surface area contributed by atoms with E-state index in [9.17, 15) is 5.11 Å². The van der Waals surface area contributed by atoms with Crippen molar-refractivity contribution in [2.75, 3.05) is 6.54 Å². The fraction of sp³-hybridized carbons (Fsp3) is 0.773. The molecule has 0 fully saturated rings. The first kappa shape index (κ1) is 49.5. The lowest BCUT2D eigenvalue weighted by Crippen LogP contribution is -2.30. The van der Waals surface area contributed by atoms with Crippen LogP contribution < -0.4 is 10.6 Å². The van der Waals surface area contributed by atoms with E-state index in [1.54, 1.807) is 0 Å². The molecule has 0 radical (unpaired) electrons. The Morgan fingerprint density at radius 2 is 1.02 bits per heavy atom. The number of hydrogen-bond acceptors (Lipinski definition) is 3. The molecule has 2 atom stereocenters. The van der Waals surface area contributed by atoms with Gasteiger partial charge in [-0.15, -0.1) is 6.58 Å². The van der Waals surface area contributed by atoms with E-state index in [0.717, 1.165) is 56.0 Å². The van der Waals surface area contributed by atoms with Crippen LogP contribution in [0.3, 0.4) is 0 Å². The molecule has 47 heavy (non-hydrogen) atoms. The summed E-state index contributed by atoms with van der Waals surface area (Å²) >= 11 is 0. The fourth-order valence-electron chi connectivity index (χ4n) is 5.33. The highest BCUT2D eigenvalue weighted by molar-refractivity contribution is 5.08. The number of rotatable bonds is 28. The van der Waals surface area contributed by atoms with E-state index in [4.69, 9.17) is 0 Å². The second-order valence-corrected chi connectivity index (χ2v) is 15.5. The molecule has 278 valence electrons. The van der Waals surface area contributed by atoms with E-state index in [2.05, 4.69) is 98.9 Å². The molecule has 0 spiro atoms. The first-order chi connectivity index (χ1) is 22.1. The quantitative estimate of drug-likeness (QED) is 0.0445. The van der Waals surface area contributed by atoms with Gasteiger partial charge in [0, 0.05) is 17.9 Å². The summed E-state index contributed by atoms with van der Waals surface area (Å²) in [6.07, 6.45) is 23.2. The Hall–Kier alpha value is -1.90. The minimum Gasteiger partial charge on any atom is -0.511 e. The maximum Gasteiger partial charge on any atom is 0.107 e. The van der Waals surface area contributed by atoms with Crippen LogP contribution in [-0.2, 0) is 0 Å². The summed E-state index contributed by atoms with van der Waals surface area (Å²) in [5.41, 5.74) is 4.87. The first-order valence-electron chi connectivity index (χ1n) is 19.6. The van der Waals surface area contributed by atoms with Gasteiger partial charge in [0.2, 0.25) is 0 Å². The fourth-order valence-corrected chi connectivity index (χ4v) is 5.33. The molecule has 3 heteroatoms. The van der Waals surface area contributed by atoms with Crippen LogP contribution in [0.15, 0.2) is 61.2 Å². The maximum atomic E-state index is 10.1. The molecule has 0 aromatic heterocycles. The van der Waals surface area contributed by atoms with Gasteiger partial charge >= 0.3 is 0 Å². The maximum absolute atomic E-state index is 10.1. The van der Waals surface area contributed by atoms with Gasteiger partial charge in [-0.1, -0.05) is 170 Å². The predicted octanol–water partition coefficient (Wildman–Crippen LogP) is 14.5. The standard InChI is InChI=1S/C38H70N2O.C4H10.C2H6/c1-31(2)25-21-19-17-15-13-11-12-14-16-18-20-22-27-34(5)40-37(36(7)41)29-28-33(4)39-30-24-23-26-32(3)35(6)38(8,9)10;1-4(2)3;1-2/h32,37,39-41H,1,4-7,11-30H2,2-3,8-10H3;4H,1-3H3;1-2H3. The average molecular weight is 659 g/mol. The molecule has 0 bridgehead atoms. The zero-order valence-corrected chi connectivity index (χ0v) is 33.9. The Labute approximate surface area is 297 Å². The Morgan fingerprint density at radius 3 is 1.43 bits per heavy atom. The van der Waals surface area contributed by atoms with Crippen molar-refractivity contribution in [3.8, 4) is 0 Å². The van der Waals surface area contributed by atoms with E-state index < -0.39 is 0 Å². The van der Waals surface area contributed by atoms with Crippen molar-refractivity contribution in [1.82, 2.24) is 10.6 Å². The highest BCUT2D eigenvalue weighted by Crippen LogP contribution is 2.32. The molecule has 0 saturated heterocycles. The van der Waals surface area contributed by atoms with Crippen LogP contribution in [0.1, 0.15) is 191 Å². The predicted molar refractivity (Wildman–Crippen MR) is 217 cm³/mol. The zero-order valence-electron chi connectivity index (χ0n) is 33.9. The van der Waals surface area contributed by atoms with Crippen molar-refractivity contribution in [2.45, 2.75) is 197 Å². The summed E-state index contributed by atoms with van der Waals surface area (Å²) in [5.74, 6) is 1.57. The Balaban J connectivity index is -0.00000297. The lowest BCUT2D eigenvalue weighted by Gasteiger charge is -2.27. The van der Waals surface area contributed by atoms with E-state index in [1.807, 2.05) is 13.8 Å². The molecule has 0 aliphatic heterocycles. The van der Waals surface area contributed by atoms with Crippen molar-refractivity contribution in [1.29, 1.82) is 0 Å². The molecule has 0 aromatic carbocycles. The molecule has 2 unspecified atom stereocenters. The van der Waals surface area contributed by atoms with Crippen LogP contribution in [0.25, 0.3) is 0 Å². The number of unbranched alkanes of at least 4 members (excludes halogenated alkanes) is 12. The third kappa shape index (κ3) is 36.8. The van der Waals surface area contributed by atoms with Crippen LogP contribution in [0.2, 0.25) is 0 Å². The Bertz CT molecular complexity index is 797. The van der Waals surface area contributed by atoms with Crippen molar-refractivity contribution >= 4 is 0 Å². The topological polar surface area (TPSA) is 44.3 Å². The second kappa shape index (κ2) is 32.6. The molecular weight excluding hydrogens is 572 g/mol. The number of aliphatic hydroxyl groups excluding tert-OH is 1. The average Bonchev–Trinajstić information content (AvgIpc) is 2.98. The lowest BCUT2D eigenvalue weighted by atomic mass is 9.79. The van der Waals surface area contributed by atoms with Gasteiger partial charge in [-0.25, -0.2) is 0 Å². The van der Waals surface area contributed by atoms with Gasteiger partial charge in [0.15, 0.2) is 0 Å². The number of nitrogens with one attached hydrogen (secondary N) is 2. The number of aliphatic hydroxyl groups is 1. The largest absolute Gasteiger partial charge is 0.511 e. The number of hydrogen-bond donors (Lipinski definition) is 3. The van der Waals surface area contributed by atoms with Gasteiger partial charge in [-0.2, -0.15) is 0 Å². The van der Waals surface area contributed by atoms with Crippen molar-refractivity contribution in [2.24, 2.45) is 17.3 Å². The van der Waals surface area contributed by atoms with Crippen molar-refractivity contribution in [3.05, 3.63) is 61.2 Å². The van der Waals surface area contributed by atoms with Gasteiger partial charge in [0.05, 0.1) is 6.04 Å². The molecule has 0 aromatic rings. The smallest absolute Gasteiger partial charge is 0.107 e. The molecule has 0 heterocycles. The molecule has 3 N–H and O–H groups in total. The van der Waals surface area contributed by atoms with E-state index in [1.165, 1.54) is 101 Å². The molecule has 3 nitrogen and oxygen atoms in total. The molecular formula is C44H86N2O. The van der Waals surface area contributed by atoms with Gasteiger partial charge in [0.1, 0.15) is 5.76 Å². The molecule has 0 saturated carbocycles. The molecule has 0 amide bonds. The molecule has 0 aliphatic carbocycles. The summed E-state index contributed by atoms with van der Waals surface area (Å²) in [4.78, 5) is 0. The Morgan fingerprint density at radius 1 is 0.596 bits per heavy atom. The van der Waals surface area contributed by atoms with E-state index in [-0.39, 0.29) is 17.2 Å². The van der Waals surface area contributed by atoms with Crippen LogP contribution in [-0.4, -0.2) is 17.7 Å². The van der Waals surface area contributed by atoms with Crippen LogP contribution in [0, 0.1) is 17.3 Å². The van der Waals surface area contributed by atoms with E-state index in [0.29, 0.717) is 5.92 Å². The van der Waals surface area contributed by atoms with Gasteiger partial charge < -0.3 is 15.7 Å². The highest BCUT2D eigenvalue weighted by atomic mass is 16.3.